The summed E-state index contributed by atoms with van der Waals surface area (Å²) in [5.74, 6) is 0.572. The topological polar surface area (TPSA) is 74.9 Å². The van der Waals surface area contributed by atoms with Crippen LogP contribution in [0.4, 0.5) is 5.82 Å². The highest BCUT2D eigenvalue weighted by Gasteiger charge is 2.05. The van der Waals surface area contributed by atoms with Crippen LogP contribution in [0.3, 0.4) is 0 Å². The highest BCUT2D eigenvalue weighted by Crippen LogP contribution is 2.23. The number of nitrogens with one attached hydrogen (secondary N) is 1. The van der Waals surface area contributed by atoms with E-state index in [0.29, 0.717) is 12.2 Å². The van der Waals surface area contributed by atoms with Gasteiger partial charge in [0.25, 0.3) is 0 Å². The van der Waals surface area contributed by atoms with E-state index < -0.39 is 0 Å². The van der Waals surface area contributed by atoms with Gasteiger partial charge >= 0.3 is 0 Å². The first-order valence-electron chi connectivity index (χ1n) is 5.23. The van der Waals surface area contributed by atoms with Crippen molar-refractivity contribution in [1.29, 1.82) is 0 Å². The second-order valence-electron chi connectivity index (χ2n) is 3.95. The minimum atomic E-state index is -0.315. The number of H-pyrrole nitrogens is 1. The number of hydrogen-bond acceptors (Lipinski definition) is 3. The molecule has 4 nitrogen and oxygen atoms in total. The summed E-state index contributed by atoms with van der Waals surface area (Å²) < 4.78 is 0. The highest BCUT2D eigenvalue weighted by molar-refractivity contribution is 5.72. The molecule has 0 aliphatic rings. The number of nitrogen functional groups attached to an aromatic ring is 1. The maximum absolute atomic E-state index is 9.27. The van der Waals surface area contributed by atoms with Crippen LogP contribution < -0.4 is 5.73 Å². The van der Waals surface area contributed by atoms with E-state index in [1.165, 1.54) is 0 Å². The normalized spacial score (nSPS) is 12.6. The summed E-state index contributed by atoms with van der Waals surface area (Å²) in [6.07, 6.45) is 2.06. The fourth-order valence-electron chi connectivity index (χ4n) is 1.69. The van der Waals surface area contributed by atoms with Gasteiger partial charge in [0, 0.05) is 5.56 Å². The second-order valence-corrected chi connectivity index (χ2v) is 3.95. The van der Waals surface area contributed by atoms with E-state index in [0.717, 1.165) is 16.7 Å². The third-order valence-electron chi connectivity index (χ3n) is 2.46. The van der Waals surface area contributed by atoms with Crippen molar-refractivity contribution in [2.75, 3.05) is 5.73 Å². The first-order valence-corrected chi connectivity index (χ1v) is 5.23. The van der Waals surface area contributed by atoms with Gasteiger partial charge in [-0.3, -0.25) is 5.10 Å². The quantitative estimate of drug-likeness (QED) is 0.730. The van der Waals surface area contributed by atoms with E-state index in [1.54, 1.807) is 13.1 Å². The Balaban J connectivity index is 2.23. The Kier molecular flexibility index (Phi) is 2.92. The standard InChI is InChI=1S/C12H15N3O/c1-8(16)6-9-2-4-10(5-3-9)11-7-14-15-12(11)13/h2-5,7-8,16H,6H2,1H3,(H3,13,14,15). The number of nitrogens with two attached hydrogens (primary N) is 1. The van der Waals surface area contributed by atoms with Crippen LogP contribution in [0.2, 0.25) is 0 Å². The van der Waals surface area contributed by atoms with E-state index in [4.69, 9.17) is 5.73 Å². The molecule has 0 amide bonds. The second kappa shape index (κ2) is 4.37. The maximum Gasteiger partial charge on any atom is 0.126 e. The molecule has 2 rings (SSSR count). The molecule has 1 atom stereocenters. The number of aromatic amines is 1. The molecule has 0 saturated heterocycles. The first-order chi connectivity index (χ1) is 7.66. The molecule has 1 aromatic heterocycles. The van der Waals surface area contributed by atoms with Gasteiger partial charge in [0.05, 0.1) is 12.3 Å². The van der Waals surface area contributed by atoms with Crippen LogP contribution >= 0.6 is 0 Å². The zero-order valence-corrected chi connectivity index (χ0v) is 9.14. The lowest BCUT2D eigenvalue weighted by Gasteiger charge is -2.05. The Hall–Kier alpha value is -1.81. The predicted molar refractivity (Wildman–Crippen MR) is 63.8 cm³/mol. The molecule has 4 N–H and O–H groups in total. The van der Waals surface area contributed by atoms with Crippen molar-refractivity contribution >= 4 is 5.82 Å². The molecule has 84 valence electrons. The van der Waals surface area contributed by atoms with Gasteiger partial charge in [-0.2, -0.15) is 5.10 Å². The van der Waals surface area contributed by atoms with E-state index in [1.807, 2.05) is 24.3 Å². The Morgan fingerprint density at radius 1 is 1.38 bits per heavy atom. The lowest BCUT2D eigenvalue weighted by atomic mass is 10.0. The summed E-state index contributed by atoms with van der Waals surface area (Å²) in [6, 6.07) is 7.96. The number of aliphatic hydroxyl groups is 1. The average Bonchev–Trinajstić information content (AvgIpc) is 2.65. The molecule has 0 bridgehead atoms. The Bertz CT molecular complexity index is 459. The van der Waals surface area contributed by atoms with Crippen LogP contribution in [0.25, 0.3) is 11.1 Å². The number of aliphatic hydroxyl groups excluding tert-OH is 1. The highest BCUT2D eigenvalue weighted by atomic mass is 16.3. The molecule has 1 unspecified atom stereocenters. The van der Waals surface area contributed by atoms with E-state index in [9.17, 15) is 5.11 Å². The van der Waals surface area contributed by atoms with Gasteiger partial charge in [-0.25, -0.2) is 0 Å². The SMILES string of the molecule is CC(O)Cc1ccc(-c2cn[nH]c2N)cc1. The van der Waals surface area contributed by atoms with E-state index in [2.05, 4.69) is 10.2 Å². The molecule has 4 heteroatoms. The van der Waals surface area contributed by atoms with Gasteiger partial charge in [0.15, 0.2) is 0 Å². The van der Waals surface area contributed by atoms with Gasteiger partial charge in [0.2, 0.25) is 0 Å². The van der Waals surface area contributed by atoms with Gasteiger partial charge < -0.3 is 10.8 Å². The largest absolute Gasteiger partial charge is 0.393 e. The van der Waals surface area contributed by atoms with Gasteiger partial charge in [-0.15, -0.1) is 0 Å². The van der Waals surface area contributed by atoms with Crippen molar-refractivity contribution < 1.29 is 5.11 Å². The van der Waals surface area contributed by atoms with Crippen molar-refractivity contribution in [3.05, 3.63) is 36.0 Å². The summed E-state index contributed by atoms with van der Waals surface area (Å²) in [6.45, 7) is 1.78. The van der Waals surface area contributed by atoms with Crippen LogP contribution in [0.5, 0.6) is 0 Å². The average molecular weight is 217 g/mol. The Labute approximate surface area is 94.1 Å². The lowest BCUT2D eigenvalue weighted by Crippen LogP contribution is -2.03. The molecule has 0 aliphatic heterocycles. The summed E-state index contributed by atoms with van der Waals surface area (Å²) in [5, 5.41) is 15.8. The monoisotopic (exact) mass is 217 g/mol. The smallest absolute Gasteiger partial charge is 0.126 e. The van der Waals surface area contributed by atoms with Crippen molar-refractivity contribution in [3.8, 4) is 11.1 Å². The molecule has 0 radical (unpaired) electrons. The number of rotatable bonds is 3. The zero-order chi connectivity index (χ0) is 11.5. The van der Waals surface area contributed by atoms with E-state index >= 15 is 0 Å². The van der Waals surface area contributed by atoms with Crippen molar-refractivity contribution in [2.45, 2.75) is 19.4 Å². The lowest BCUT2D eigenvalue weighted by molar-refractivity contribution is 0.195. The van der Waals surface area contributed by atoms with Gasteiger partial charge in [-0.05, 0) is 24.5 Å². The van der Waals surface area contributed by atoms with Gasteiger partial charge in [-0.1, -0.05) is 24.3 Å². The van der Waals surface area contributed by atoms with Crippen LogP contribution in [-0.2, 0) is 6.42 Å². The van der Waals surface area contributed by atoms with Crippen LogP contribution in [0.15, 0.2) is 30.5 Å². The summed E-state index contributed by atoms with van der Waals surface area (Å²) in [7, 11) is 0. The number of anilines is 1. The third-order valence-corrected chi connectivity index (χ3v) is 2.46. The molecule has 2 aromatic rings. The fourth-order valence-corrected chi connectivity index (χ4v) is 1.69. The minimum Gasteiger partial charge on any atom is -0.393 e. The zero-order valence-electron chi connectivity index (χ0n) is 9.14. The van der Waals surface area contributed by atoms with Crippen molar-refractivity contribution in [2.24, 2.45) is 0 Å². The first kappa shape index (κ1) is 10.7. The molecule has 0 spiro atoms. The molecule has 0 saturated carbocycles. The molecule has 1 aromatic carbocycles. The summed E-state index contributed by atoms with van der Waals surface area (Å²) in [4.78, 5) is 0. The molecule has 0 fully saturated rings. The fraction of sp³-hybridized carbons (Fsp3) is 0.250. The molecular formula is C12H15N3O. The number of hydrogen-bond donors (Lipinski definition) is 3. The Morgan fingerprint density at radius 2 is 2.06 bits per heavy atom. The number of aromatic nitrogens is 2. The summed E-state index contributed by atoms with van der Waals surface area (Å²) >= 11 is 0. The van der Waals surface area contributed by atoms with Crippen LogP contribution in [0, 0.1) is 0 Å². The van der Waals surface area contributed by atoms with Gasteiger partial charge in [0.1, 0.15) is 5.82 Å². The number of benzene rings is 1. The number of nitrogens with zero attached hydrogens (tertiary/aromatic N) is 1. The predicted octanol–water partition coefficient (Wildman–Crippen LogP) is 1.58. The molecule has 1 heterocycles. The van der Waals surface area contributed by atoms with Crippen molar-refractivity contribution in [3.63, 3.8) is 0 Å². The van der Waals surface area contributed by atoms with Crippen molar-refractivity contribution in [1.82, 2.24) is 10.2 Å². The summed E-state index contributed by atoms with van der Waals surface area (Å²) in [5.41, 5.74) is 8.78. The Morgan fingerprint density at radius 3 is 2.56 bits per heavy atom. The van der Waals surface area contributed by atoms with Crippen LogP contribution in [-0.4, -0.2) is 21.4 Å². The molecule has 16 heavy (non-hydrogen) atoms. The maximum atomic E-state index is 9.27. The molecular weight excluding hydrogens is 202 g/mol. The molecule has 0 aliphatic carbocycles. The third kappa shape index (κ3) is 2.23. The van der Waals surface area contributed by atoms with E-state index in [-0.39, 0.29) is 6.10 Å². The van der Waals surface area contributed by atoms with Crippen LogP contribution in [0.1, 0.15) is 12.5 Å². The minimum absolute atomic E-state index is 0.315.